The van der Waals surface area contributed by atoms with Gasteiger partial charge >= 0.3 is 0 Å². The number of rotatable bonds is 4. The van der Waals surface area contributed by atoms with Crippen LogP contribution in [0.2, 0.25) is 0 Å². The minimum absolute atomic E-state index is 0.229. The number of ether oxygens (including phenoxy) is 1. The fraction of sp³-hybridized carbons (Fsp3) is 0.600. The number of hydrogen-bond donors (Lipinski definition) is 0. The molecule has 0 spiro atoms. The molecule has 0 N–H and O–H groups in total. The lowest BCUT2D eigenvalue weighted by Crippen LogP contribution is -2.47. The van der Waals surface area contributed by atoms with Crippen LogP contribution in [0.1, 0.15) is 39.5 Å². The molecule has 2 nitrogen and oxygen atoms in total. The van der Waals surface area contributed by atoms with E-state index in [4.69, 9.17) is 4.74 Å². The Labute approximate surface area is 105 Å². The van der Waals surface area contributed by atoms with Crippen molar-refractivity contribution < 1.29 is 4.74 Å². The van der Waals surface area contributed by atoms with Crippen LogP contribution in [0.4, 0.5) is 0 Å². The highest BCUT2D eigenvalue weighted by atomic mass is 16.5. The van der Waals surface area contributed by atoms with Crippen molar-refractivity contribution in [1.82, 2.24) is 4.90 Å². The molecule has 2 unspecified atom stereocenters. The lowest BCUT2D eigenvalue weighted by Gasteiger charge is -2.39. The maximum absolute atomic E-state index is 6.10. The molecule has 0 aromatic heterocycles. The Balaban J connectivity index is 2.00. The second-order valence-electron chi connectivity index (χ2n) is 4.88. The topological polar surface area (TPSA) is 12.5 Å². The Morgan fingerprint density at radius 1 is 1.29 bits per heavy atom. The van der Waals surface area contributed by atoms with Crippen molar-refractivity contribution in [3.05, 3.63) is 30.3 Å². The third-order valence-corrected chi connectivity index (χ3v) is 3.59. The molecule has 1 aromatic carbocycles. The SMILES string of the molecule is CCC(Oc1ccccc1)N1CCCCC1C. The average molecular weight is 233 g/mol. The van der Waals surface area contributed by atoms with Gasteiger partial charge in [0.15, 0.2) is 6.23 Å². The quantitative estimate of drug-likeness (QED) is 0.786. The predicted molar refractivity (Wildman–Crippen MR) is 71.2 cm³/mol. The Kier molecular flexibility index (Phi) is 4.43. The molecule has 0 bridgehead atoms. The van der Waals surface area contributed by atoms with Gasteiger partial charge < -0.3 is 4.74 Å². The van der Waals surface area contributed by atoms with Gasteiger partial charge in [-0.15, -0.1) is 0 Å². The molecule has 1 aliphatic rings. The van der Waals surface area contributed by atoms with Crippen LogP contribution in [-0.4, -0.2) is 23.7 Å². The van der Waals surface area contributed by atoms with E-state index in [1.165, 1.54) is 25.8 Å². The monoisotopic (exact) mass is 233 g/mol. The van der Waals surface area contributed by atoms with Crippen molar-refractivity contribution >= 4 is 0 Å². The molecule has 0 radical (unpaired) electrons. The standard InChI is InChI=1S/C15H23NO/c1-3-15(16-12-8-7-9-13(16)2)17-14-10-5-4-6-11-14/h4-6,10-11,13,15H,3,7-9,12H2,1-2H3. The zero-order valence-corrected chi connectivity index (χ0v) is 10.9. The van der Waals surface area contributed by atoms with Crippen LogP contribution in [0.15, 0.2) is 30.3 Å². The molecule has 0 saturated carbocycles. The summed E-state index contributed by atoms with van der Waals surface area (Å²) in [5.74, 6) is 0.983. The molecule has 1 aromatic rings. The van der Waals surface area contributed by atoms with Crippen LogP contribution in [-0.2, 0) is 0 Å². The van der Waals surface area contributed by atoms with E-state index in [0.717, 1.165) is 12.2 Å². The van der Waals surface area contributed by atoms with Crippen LogP contribution in [0.25, 0.3) is 0 Å². The largest absolute Gasteiger partial charge is 0.475 e. The molecule has 2 atom stereocenters. The van der Waals surface area contributed by atoms with Crippen molar-refractivity contribution in [3.8, 4) is 5.75 Å². The van der Waals surface area contributed by atoms with Crippen LogP contribution in [0, 0.1) is 0 Å². The Bertz CT molecular complexity index is 325. The molecule has 2 heteroatoms. The van der Waals surface area contributed by atoms with E-state index in [1.807, 2.05) is 30.3 Å². The van der Waals surface area contributed by atoms with Gasteiger partial charge in [0.2, 0.25) is 0 Å². The van der Waals surface area contributed by atoms with Crippen LogP contribution >= 0.6 is 0 Å². The van der Waals surface area contributed by atoms with Gasteiger partial charge in [0.25, 0.3) is 0 Å². The number of piperidine rings is 1. The molecule has 1 aliphatic heterocycles. The molecule has 1 fully saturated rings. The van der Waals surface area contributed by atoms with Crippen LogP contribution in [0.3, 0.4) is 0 Å². The van der Waals surface area contributed by atoms with E-state index < -0.39 is 0 Å². The summed E-state index contributed by atoms with van der Waals surface area (Å²) >= 11 is 0. The molecular formula is C15H23NO. The molecular weight excluding hydrogens is 210 g/mol. The number of hydrogen-bond acceptors (Lipinski definition) is 2. The third kappa shape index (κ3) is 3.22. The van der Waals surface area contributed by atoms with Crippen molar-refractivity contribution in [3.63, 3.8) is 0 Å². The highest BCUT2D eigenvalue weighted by Crippen LogP contribution is 2.23. The molecule has 17 heavy (non-hydrogen) atoms. The molecule has 1 heterocycles. The van der Waals surface area contributed by atoms with E-state index in [1.54, 1.807) is 0 Å². The van der Waals surface area contributed by atoms with E-state index >= 15 is 0 Å². The van der Waals surface area contributed by atoms with Crippen molar-refractivity contribution in [2.24, 2.45) is 0 Å². The van der Waals surface area contributed by atoms with Gasteiger partial charge in [0, 0.05) is 12.6 Å². The second-order valence-corrected chi connectivity index (χ2v) is 4.88. The lowest BCUT2D eigenvalue weighted by atomic mass is 10.0. The van der Waals surface area contributed by atoms with Crippen molar-refractivity contribution in [1.29, 1.82) is 0 Å². The maximum Gasteiger partial charge on any atom is 0.152 e. The smallest absolute Gasteiger partial charge is 0.152 e. The minimum atomic E-state index is 0.229. The number of para-hydroxylation sites is 1. The van der Waals surface area contributed by atoms with E-state index in [-0.39, 0.29) is 6.23 Å². The summed E-state index contributed by atoms with van der Waals surface area (Å²) in [6.07, 6.45) is 5.24. The van der Waals surface area contributed by atoms with Gasteiger partial charge in [0.05, 0.1) is 0 Å². The fourth-order valence-corrected chi connectivity index (χ4v) is 2.59. The highest BCUT2D eigenvalue weighted by Gasteiger charge is 2.25. The van der Waals surface area contributed by atoms with Crippen molar-refractivity contribution in [2.45, 2.75) is 51.8 Å². The highest BCUT2D eigenvalue weighted by molar-refractivity contribution is 5.21. The first kappa shape index (κ1) is 12.4. The first-order chi connectivity index (χ1) is 8.31. The first-order valence-corrected chi connectivity index (χ1v) is 6.78. The van der Waals surface area contributed by atoms with Gasteiger partial charge in [-0.05, 0) is 38.3 Å². The van der Waals surface area contributed by atoms with Crippen LogP contribution < -0.4 is 4.74 Å². The summed E-state index contributed by atoms with van der Waals surface area (Å²) in [5.41, 5.74) is 0. The molecule has 0 amide bonds. The molecule has 0 aliphatic carbocycles. The summed E-state index contributed by atoms with van der Waals surface area (Å²) in [6.45, 7) is 5.69. The van der Waals surface area contributed by atoms with Gasteiger partial charge in [-0.25, -0.2) is 0 Å². The zero-order chi connectivity index (χ0) is 12.1. The second kappa shape index (κ2) is 6.06. The van der Waals surface area contributed by atoms with Crippen LogP contribution in [0.5, 0.6) is 5.75 Å². The Morgan fingerprint density at radius 2 is 2.06 bits per heavy atom. The fourth-order valence-electron chi connectivity index (χ4n) is 2.59. The predicted octanol–water partition coefficient (Wildman–Crippen LogP) is 3.68. The van der Waals surface area contributed by atoms with Gasteiger partial charge in [-0.3, -0.25) is 4.90 Å². The summed E-state index contributed by atoms with van der Waals surface area (Å²) in [4.78, 5) is 2.51. The molecule has 94 valence electrons. The zero-order valence-electron chi connectivity index (χ0n) is 10.9. The van der Waals surface area contributed by atoms with E-state index in [0.29, 0.717) is 6.04 Å². The van der Waals surface area contributed by atoms with E-state index in [2.05, 4.69) is 18.7 Å². The normalized spacial score (nSPS) is 23.3. The molecule has 1 saturated heterocycles. The maximum atomic E-state index is 6.10. The lowest BCUT2D eigenvalue weighted by molar-refractivity contribution is -0.0195. The first-order valence-electron chi connectivity index (χ1n) is 6.78. The summed E-state index contributed by atoms with van der Waals surface area (Å²) < 4.78 is 6.10. The Morgan fingerprint density at radius 3 is 2.71 bits per heavy atom. The summed E-state index contributed by atoms with van der Waals surface area (Å²) in [7, 11) is 0. The number of likely N-dealkylation sites (tertiary alicyclic amines) is 1. The van der Waals surface area contributed by atoms with Gasteiger partial charge in [0.1, 0.15) is 5.75 Å². The number of nitrogens with zero attached hydrogens (tertiary/aromatic N) is 1. The third-order valence-electron chi connectivity index (χ3n) is 3.59. The summed E-state index contributed by atoms with van der Waals surface area (Å²) in [6, 6.07) is 10.8. The number of benzene rings is 1. The average Bonchev–Trinajstić information content (AvgIpc) is 2.38. The van der Waals surface area contributed by atoms with Gasteiger partial charge in [-0.1, -0.05) is 31.5 Å². The Hall–Kier alpha value is -1.02. The van der Waals surface area contributed by atoms with E-state index in [9.17, 15) is 0 Å². The molecule has 2 rings (SSSR count). The summed E-state index contributed by atoms with van der Waals surface area (Å²) in [5, 5.41) is 0. The van der Waals surface area contributed by atoms with Crippen molar-refractivity contribution in [2.75, 3.05) is 6.54 Å². The minimum Gasteiger partial charge on any atom is -0.475 e. The van der Waals surface area contributed by atoms with Gasteiger partial charge in [-0.2, -0.15) is 0 Å².